The molecule has 6 aromatic carbocycles. The Morgan fingerprint density at radius 1 is 0.345 bits per heavy atom. The van der Waals surface area contributed by atoms with Crippen LogP contribution in [0.3, 0.4) is 0 Å². The summed E-state index contributed by atoms with van der Waals surface area (Å²) >= 11 is 0. The largest absolute Gasteiger partial charge is 0.486 e. The molecular formula is C104H97Ir3N9O3-6. The molecule has 0 N–H and O–H groups in total. The number of benzene rings is 6. The first-order valence-corrected chi connectivity index (χ1v) is 37.9. The van der Waals surface area contributed by atoms with Crippen molar-refractivity contribution in [3.05, 3.63) is 342 Å². The fourth-order valence-corrected chi connectivity index (χ4v) is 12.8. The predicted octanol–water partition coefficient (Wildman–Crippen LogP) is 27.2. The van der Waals surface area contributed by atoms with E-state index in [9.17, 15) is 0 Å². The van der Waals surface area contributed by atoms with Gasteiger partial charge in [0.1, 0.15) is 0 Å². The van der Waals surface area contributed by atoms with Crippen LogP contribution in [0, 0.1) is 57.1 Å². The summed E-state index contributed by atoms with van der Waals surface area (Å²) in [6, 6.07) is 85.7. The SMILES string of the molecule is [2H]C(C)(C)c1c[c-]c(-c2cc(C([2H])(C)C([2H])([2H])[2H])ccn2)c2oc3nc(C)ccc3c12.[2H]C([2H])([2H])C([2H])(C)c1ccnc(-c2[c-]ccc3c2oc2nc(C(C)(C)C)cc(C)c23)c1.[2H]C([2H])([2H])c1c[c-]c(-c2cc(C([2H])(C)C([2H])([2H])[2H])ccn2)c2oc3nc(C(C)(C)C)ccc3c12.[Ir].[Ir].[Ir].[c-]1ccccc1-c1ccccn1.[c-]1ccccc1-c1ccccn1.[c-]1ccccc1-c1ccccn1. The van der Waals surface area contributed by atoms with Gasteiger partial charge in [-0.2, -0.15) is 0 Å². The van der Waals surface area contributed by atoms with E-state index in [2.05, 4.69) is 103 Å². The number of furan rings is 3. The first-order chi connectivity index (χ1) is 62.0. The van der Waals surface area contributed by atoms with Crippen molar-refractivity contribution in [3.63, 3.8) is 0 Å². The van der Waals surface area contributed by atoms with Gasteiger partial charge in [0, 0.05) is 158 Å². The van der Waals surface area contributed by atoms with E-state index in [1.807, 2.05) is 198 Å². The Labute approximate surface area is 763 Å². The summed E-state index contributed by atoms with van der Waals surface area (Å²) < 4.78 is 146. The quantitative estimate of drug-likeness (QED) is 0.120. The van der Waals surface area contributed by atoms with Crippen LogP contribution in [-0.2, 0) is 71.1 Å². The van der Waals surface area contributed by atoms with E-state index in [4.69, 9.17) is 40.2 Å². The fraction of sp³-hybridized carbons (Fsp3) is 0.221. The van der Waals surface area contributed by atoms with Crippen molar-refractivity contribution in [2.24, 2.45) is 0 Å². The van der Waals surface area contributed by atoms with E-state index in [-0.39, 0.29) is 87.9 Å². The molecule has 0 saturated heterocycles. The molecule has 0 amide bonds. The normalized spacial score (nSPS) is 15.1. The smallest absolute Gasteiger partial charge is 0.216 e. The van der Waals surface area contributed by atoms with Crippen molar-refractivity contribution < 1.29 is 95.5 Å². The number of pyridine rings is 9. The molecule has 0 bridgehead atoms. The van der Waals surface area contributed by atoms with Crippen LogP contribution in [-0.4, -0.2) is 44.9 Å². The Morgan fingerprint density at radius 3 is 1.20 bits per heavy atom. The van der Waals surface area contributed by atoms with Crippen molar-refractivity contribution in [1.82, 2.24) is 44.9 Å². The van der Waals surface area contributed by atoms with E-state index in [1.54, 1.807) is 62.8 Å². The van der Waals surface area contributed by atoms with Gasteiger partial charge in [0.05, 0.1) is 22.4 Å². The molecule has 0 aliphatic rings. The molecule has 0 aliphatic heterocycles. The fourth-order valence-electron chi connectivity index (χ4n) is 12.8. The zero-order valence-corrected chi connectivity index (χ0v) is 75.2. The Balaban J connectivity index is 0.000000175. The monoisotopic (exact) mass is 2110 g/mol. The molecule has 0 aliphatic carbocycles. The summed E-state index contributed by atoms with van der Waals surface area (Å²) in [6.45, 7) is 14.1. The molecule has 3 unspecified atom stereocenters. The van der Waals surface area contributed by atoms with Gasteiger partial charge in [-0.1, -0.05) is 214 Å². The summed E-state index contributed by atoms with van der Waals surface area (Å²) in [4.78, 5) is 39.7. The number of nitrogens with zero attached hydrogens (tertiary/aromatic N) is 9. The molecule has 119 heavy (non-hydrogen) atoms. The molecule has 12 aromatic heterocycles. The van der Waals surface area contributed by atoms with Crippen LogP contribution in [0.4, 0.5) is 0 Å². The van der Waals surface area contributed by atoms with Crippen molar-refractivity contribution in [3.8, 4) is 67.5 Å². The average Bonchev–Trinajstić information content (AvgIpc) is 1.61. The second kappa shape index (κ2) is 40.7. The first-order valence-electron chi connectivity index (χ1n) is 45.9. The minimum Gasteiger partial charge on any atom is -0.486 e. The van der Waals surface area contributed by atoms with Crippen LogP contribution < -0.4 is 0 Å². The summed E-state index contributed by atoms with van der Waals surface area (Å²) in [6.07, 6.45) is 9.82. The molecule has 18 aromatic rings. The topological polar surface area (TPSA) is 155 Å². The Bertz CT molecular complexity index is 6800. The summed E-state index contributed by atoms with van der Waals surface area (Å²) in [5.41, 5.74) is 16.6. The van der Waals surface area contributed by atoms with E-state index < -0.39 is 51.0 Å². The summed E-state index contributed by atoms with van der Waals surface area (Å²) in [5, 5.41) is 4.39. The molecule has 0 saturated carbocycles. The van der Waals surface area contributed by atoms with Gasteiger partial charge >= 0.3 is 0 Å². The number of aryl methyl sites for hydroxylation is 3. The van der Waals surface area contributed by atoms with Crippen LogP contribution in [0.25, 0.3) is 134 Å². The maximum absolute atomic E-state index is 8.59. The van der Waals surface area contributed by atoms with Gasteiger partial charge in [0.25, 0.3) is 0 Å². The third-order valence-electron chi connectivity index (χ3n) is 18.9. The average molecular weight is 2110 g/mol. The van der Waals surface area contributed by atoms with Crippen LogP contribution >= 0.6 is 0 Å². The minimum atomic E-state index is -2.55. The molecule has 12 heterocycles. The van der Waals surface area contributed by atoms with Crippen LogP contribution in [0.1, 0.15) is 193 Å². The molecular weight excluding hydrogens is 2000 g/mol. The maximum Gasteiger partial charge on any atom is 0.216 e. The van der Waals surface area contributed by atoms with Gasteiger partial charge < -0.3 is 43.2 Å². The Kier molecular flexibility index (Phi) is 23.9. The van der Waals surface area contributed by atoms with Crippen molar-refractivity contribution in [2.45, 2.75) is 152 Å². The molecule has 609 valence electrons. The Morgan fingerprint density at radius 2 is 0.765 bits per heavy atom. The number of rotatable bonds is 10. The summed E-state index contributed by atoms with van der Waals surface area (Å²) in [5.74, 6) is -6.31. The van der Waals surface area contributed by atoms with E-state index >= 15 is 0 Å². The van der Waals surface area contributed by atoms with Gasteiger partial charge in [0.2, 0.25) is 17.1 Å². The second-order valence-electron chi connectivity index (χ2n) is 30.0. The van der Waals surface area contributed by atoms with Gasteiger partial charge in [0.15, 0.2) is 0 Å². The van der Waals surface area contributed by atoms with E-state index in [0.717, 1.165) is 83.5 Å². The third-order valence-corrected chi connectivity index (χ3v) is 18.9. The van der Waals surface area contributed by atoms with Crippen molar-refractivity contribution in [2.75, 3.05) is 0 Å². The van der Waals surface area contributed by atoms with Crippen molar-refractivity contribution in [1.29, 1.82) is 0 Å². The second-order valence-corrected chi connectivity index (χ2v) is 30.0. The number of fused-ring (bicyclic) bond motifs is 9. The third kappa shape index (κ3) is 21.7. The molecule has 12 nitrogen and oxygen atoms in total. The minimum absolute atomic E-state index is 0. The molecule has 3 atom stereocenters. The van der Waals surface area contributed by atoms with Crippen LogP contribution in [0.2, 0.25) is 0 Å². The van der Waals surface area contributed by atoms with Gasteiger partial charge in [-0.25, -0.2) is 15.0 Å². The summed E-state index contributed by atoms with van der Waals surface area (Å²) in [7, 11) is 0. The maximum atomic E-state index is 8.59. The molecule has 3 radical (unpaired) electrons. The number of hydrogen-bond acceptors (Lipinski definition) is 12. The molecule has 15 heteroatoms. The van der Waals surface area contributed by atoms with Gasteiger partial charge in [-0.3, -0.25) is 0 Å². The van der Waals surface area contributed by atoms with Gasteiger partial charge in [-0.15, -0.1) is 161 Å². The zero-order chi connectivity index (χ0) is 95.5. The van der Waals surface area contributed by atoms with Gasteiger partial charge in [-0.05, 0) is 138 Å². The van der Waals surface area contributed by atoms with E-state index in [0.29, 0.717) is 84.0 Å². The first kappa shape index (κ1) is 69.9. The van der Waals surface area contributed by atoms with Crippen LogP contribution in [0.5, 0.6) is 0 Å². The van der Waals surface area contributed by atoms with E-state index in [1.165, 1.54) is 57.6 Å². The van der Waals surface area contributed by atoms with Crippen molar-refractivity contribution >= 4 is 66.2 Å². The zero-order valence-electron chi connectivity index (χ0n) is 84.0. The van der Waals surface area contributed by atoms with Crippen LogP contribution in [0.15, 0.2) is 269 Å². The number of hydrogen-bond donors (Lipinski definition) is 0. The standard InChI is InChI=1S/2C24H25N2O.C23H23N2O.3C11H8N.3Ir/c1-14(2)16-11-12-25-19(13-16)17-8-7-15(3)21-18-9-10-20(24(4,5)6)26-23(18)27-22(17)21;1-14(2)16-10-11-25-19(13-16)17-8-7-9-18-21-15(3)12-20(24(4,5)6)26-23(21)27-22(17)18;1-13(2)16-10-11-24-20(12-16)18-9-8-17(14(3)4)21-19-7-6-15(5)25-23(19)26-22(18)21;3*1-2-6-10(7-3-1)11-8-4-5-9-12-11;;;/h2*7,9-14H,1-6H3;6-8,10-14H,1-5H3;3*1-6,8-9H;;;/q6*-1;;;/i1D3,3D3,14D;1D3,14D;1D3,13D,14D;;;;;;. The Hall–Kier alpha value is -11.0. The molecule has 18 rings (SSSR count). The molecule has 0 fully saturated rings. The number of aromatic nitrogens is 9. The molecule has 0 spiro atoms. The predicted molar refractivity (Wildman–Crippen MR) is 474 cm³/mol.